The molecule has 3 rings (SSSR count). The maximum Gasteiger partial charge on any atom is 0.326 e. The van der Waals surface area contributed by atoms with E-state index in [1.54, 1.807) is 24.3 Å². The van der Waals surface area contributed by atoms with E-state index in [9.17, 15) is 29.1 Å². The van der Waals surface area contributed by atoms with E-state index in [-0.39, 0.29) is 25.7 Å². The normalized spacial score (nSPS) is 18.8. The maximum absolute atomic E-state index is 13.1. The summed E-state index contributed by atoms with van der Waals surface area (Å²) in [7, 11) is 1.51. The molecule has 0 spiro atoms. The molecule has 0 aliphatic carbocycles. The number of rotatable bonds is 16. The molecule has 12 heteroatoms. The van der Waals surface area contributed by atoms with Crippen LogP contribution in [-0.4, -0.2) is 77.3 Å². The summed E-state index contributed by atoms with van der Waals surface area (Å²) < 4.78 is 10.5. The predicted molar refractivity (Wildman–Crippen MR) is 146 cm³/mol. The lowest BCUT2D eigenvalue weighted by Crippen LogP contribution is -2.52. The lowest BCUT2D eigenvalue weighted by Gasteiger charge is -2.20. The van der Waals surface area contributed by atoms with Gasteiger partial charge in [-0.2, -0.15) is 0 Å². The van der Waals surface area contributed by atoms with Crippen molar-refractivity contribution >= 4 is 29.7 Å². The van der Waals surface area contributed by atoms with Gasteiger partial charge in [-0.1, -0.05) is 42.5 Å². The summed E-state index contributed by atoms with van der Waals surface area (Å²) >= 11 is 0. The van der Waals surface area contributed by atoms with Crippen molar-refractivity contribution in [3.05, 3.63) is 65.7 Å². The lowest BCUT2D eigenvalue weighted by atomic mass is 10.0. The van der Waals surface area contributed by atoms with E-state index >= 15 is 0 Å². The van der Waals surface area contributed by atoms with E-state index in [0.717, 1.165) is 5.56 Å². The molecule has 0 aromatic heterocycles. The van der Waals surface area contributed by atoms with Gasteiger partial charge < -0.3 is 35.6 Å². The van der Waals surface area contributed by atoms with Crippen LogP contribution in [0.5, 0.6) is 5.75 Å². The summed E-state index contributed by atoms with van der Waals surface area (Å²) in [6, 6.07) is 13.9. The van der Waals surface area contributed by atoms with E-state index in [4.69, 9.17) is 14.6 Å². The van der Waals surface area contributed by atoms with Crippen LogP contribution in [0.3, 0.4) is 0 Å². The van der Waals surface area contributed by atoms with Crippen LogP contribution in [0, 0.1) is 0 Å². The quantitative estimate of drug-likeness (QED) is 0.185. The molecular weight excluding hydrogens is 534 g/mol. The highest BCUT2D eigenvalue weighted by Gasteiger charge is 2.63. The van der Waals surface area contributed by atoms with Crippen molar-refractivity contribution in [3.63, 3.8) is 0 Å². The van der Waals surface area contributed by atoms with Gasteiger partial charge in [0.15, 0.2) is 11.7 Å². The molecule has 2 aromatic rings. The molecule has 4 atom stereocenters. The molecule has 1 fully saturated rings. The molecule has 5 N–H and O–H groups in total. The number of carboxylic acid groups (broad SMARTS) is 2. The van der Waals surface area contributed by atoms with Crippen molar-refractivity contribution in [2.45, 2.75) is 62.8 Å². The van der Waals surface area contributed by atoms with Crippen LogP contribution < -0.4 is 20.7 Å². The van der Waals surface area contributed by atoms with E-state index < -0.39 is 53.4 Å². The average Bonchev–Trinajstić information content (AvgIpc) is 3.65. The molecule has 1 aliphatic heterocycles. The summed E-state index contributed by atoms with van der Waals surface area (Å²) in [6.07, 6.45) is -0.693. The van der Waals surface area contributed by atoms with Crippen LogP contribution >= 0.6 is 0 Å². The molecule has 0 bridgehead atoms. The minimum atomic E-state index is -1.62. The van der Waals surface area contributed by atoms with Gasteiger partial charge in [0.1, 0.15) is 17.8 Å². The Morgan fingerprint density at radius 3 is 2.24 bits per heavy atom. The molecule has 3 amide bonds. The fourth-order valence-electron chi connectivity index (χ4n) is 4.26. The highest BCUT2D eigenvalue weighted by atomic mass is 16.6. The number of benzene rings is 2. The highest BCUT2D eigenvalue weighted by molar-refractivity contribution is 6.01. The number of ether oxygens (including phenoxy) is 2. The minimum Gasteiger partial charge on any atom is -0.497 e. The number of hydrogen-bond acceptors (Lipinski definition) is 7. The van der Waals surface area contributed by atoms with Crippen LogP contribution in [0.15, 0.2) is 54.6 Å². The Morgan fingerprint density at radius 2 is 1.63 bits per heavy atom. The first-order chi connectivity index (χ1) is 19.5. The van der Waals surface area contributed by atoms with E-state index in [1.807, 2.05) is 30.3 Å². The largest absolute Gasteiger partial charge is 0.497 e. The second-order valence-electron chi connectivity index (χ2n) is 9.90. The Labute approximate surface area is 237 Å². The Kier molecular flexibility index (Phi) is 10.8. The third-order valence-electron chi connectivity index (χ3n) is 6.77. The molecule has 0 radical (unpaired) electrons. The third-order valence-corrected chi connectivity index (χ3v) is 6.77. The number of carbonyl (C=O) groups excluding carboxylic acids is 3. The summed E-state index contributed by atoms with van der Waals surface area (Å²) in [6.45, 7) is 1.67. The minimum absolute atomic E-state index is 0.00446. The molecule has 1 saturated heterocycles. The van der Waals surface area contributed by atoms with Gasteiger partial charge >= 0.3 is 11.9 Å². The molecule has 1 aliphatic rings. The summed E-state index contributed by atoms with van der Waals surface area (Å²) in [5.74, 6) is -3.70. The van der Waals surface area contributed by atoms with Crippen molar-refractivity contribution in [1.82, 2.24) is 16.0 Å². The standard InChI is InChI=1S/C29H35N3O9/c1-29(24(41-29)26(36)31-22(27(37)38)17-19-11-13-20(40-2)14-12-19)28(39)32-21(9-6-10-23(33)34)25(35)30-16-15-18-7-4-3-5-8-18/h3-5,7-8,11-14,21-22,24H,6,9-10,15-17H2,1-2H3,(H,30,35)(H,31,36)(H,32,39)(H,33,34)(H,37,38)/t21-,22-,24+,29-/m0/s1. The van der Waals surface area contributed by atoms with Gasteiger partial charge in [0.25, 0.3) is 11.8 Å². The number of carboxylic acids is 2. The number of methoxy groups -OCH3 is 1. The van der Waals surface area contributed by atoms with Crippen LogP contribution in [0.1, 0.15) is 37.3 Å². The first-order valence-electron chi connectivity index (χ1n) is 13.2. The van der Waals surface area contributed by atoms with Gasteiger partial charge in [-0.05, 0) is 49.4 Å². The fraction of sp³-hybridized carbons (Fsp3) is 0.414. The zero-order chi connectivity index (χ0) is 30.0. The topological polar surface area (TPSA) is 184 Å². The van der Waals surface area contributed by atoms with Crippen LogP contribution in [0.4, 0.5) is 0 Å². The van der Waals surface area contributed by atoms with Crippen molar-refractivity contribution in [2.24, 2.45) is 0 Å². The number of nitrogens with one attached hydrogen (secondary N) is 3. The van der Waals surface area contributed by atoms with Gasteiger partial charge in [0, 0.05) is 19.4 Å². The molecule has 0 unspecified atom stereocenters. The number of amides is 3. The fourth-order valence-corrected chi connectivity index (χ4v) is 4.26. The molecule has 1 heterocycles. The van der Waals surface area contributed by atoms with Gasteiger partial charge in [0.2, 0.25) is 5.91 Å². The van der Waals surface area contributed by atoms with Gasteiger partial charge in [-0.3, -0.25) is 19.2 Å². The predicted octanol–water partition coefficient (Wildman–Crippen LogP) is 1.06. The summed E-state index contributed by atoms with van der Waals surface area (Å²) in [5.41, 5.74) is 0.0414. The Hall–Kier alpha value is -4.45. The van der Waals surface area contributed by atoms with E-state index in [2.05, 4.69) is 16.0 Å². The molecule has 12 nitrogen and oxygen atoms in total. The Bertz CT molecular complexity index is 1240. The van der Waals surface area contributed by atoms with Gasteiger partial charge in [-0.15, -0.1) is 0 Å². The first-order valence-corrected chi connectivity index (χ1v) is 13.2. The Morgan fingerprint density at radius 1 is 0.951 bits per heavy atom. The first kappa shape index (κ1) is 31.1. The lowest BCUT2D eigenvalue weighted by molar-refractivity contribution is -0.142. The van der Waals surface area contributed by atoms with Crippen molar-refractivity contribution in [1.29, 1.82) is 0 Å². The van der Waals surface area contributed by atoms with Crippen LogP contribution in [0.25, 0.3) is 0 Å². The maximum atomic E-state index is 13.1. The number of aliphatic carboxylic acids is 2. The van der Waals surface area contributed by atoms with E-state index in [0.29, 0.717) is 24.3 Å². The second kappa shape index (κ2) is 14.3. The van der Waals surface area contributed by atoms with Crippen molar-refractivity contribution in [3.8, 4) is 5.75 Å². The van der Waals surface area contributed by atoms with Gasteiger partial charge in [-0.25, -0.2) is 4.79 Å². The number of epoxide rings is 1. The monoisotopic (exact) mass is 569 g/mol. The smallest absolute Gasteiger partial charge is 0.326 e. The molecule has 41 heavy (non-hydrogen) atoms. The molecule has 220 valence electrons. The van der Waals surface area contributed by atoms with Crippen LogP contribution in [-0.2, 0) is 41.6 Å². The number of hydrogen-bond donors (Lipinski definition) is 5. The zero-order valence-corrected chi connectivity index (χ0v) is 22.9. The number of carbonyl (C=O) groups is 5. The molecular formula is C29H35N3O9. The van der Waals surface area contributed by atoms with Crippen LogP contribution in [0.2, 0.25) is 0 Å². The summed E-state index contributed by atoms with van der Waals surface area (Å²) in [4.78, 5) is 61.6. The van der Waals surface area contributed by atoms with Crippen molar-refractivity contribution in [2.75, 3.05) is 13.7 Å². The van der Waals surface area contributed by atoms with Crippen molar-refractivity contribution < 1.29 is 43.7 Å². The average molecular weight is 570 g/mol. The SMILES string of the molecule is COc1ccc(C[C@H](NC(=O)[C@H]2O[C@]2(C)C(=O)N[C@@H](CCCC(=O)O)C(=O)NCCc2ccccc2)C(=O)O)cc1. The van der Waals surface area contributed by atoms with E-state index in [1.165, 1.54) is 14.0 Å². The highest BCUT2D eigenvalue weighted by Crippen LogP contribution is 2.37. The molecule has 2 aromatic carbocycles. The third kappa shape index (κ3) is 9.04. The zero-order valence-electron chi connectivity index (χ0n) is 22.9. The second-order valence-corrected chi connectivity index (χ2v) is 9.90. The van der Waals surface area contributed by atoms with Gasteiger partial charge in [0.05, 0.1) is 7.11 Å². The molecule has 0 saturated carbocycles. The Balaban J connectivity index is 1.58. The summed E-state index contributed by atoms with van der Waals surface area (Å²) in [5, 5.41) is 26.3.